The van der Waals surface area contributed by atoms with E-state index in [4.69, 9.17) is 9.47 Å². The van der Waals surface area contributed by atoms with Crippen molar-refractivity contribution in [3.05, 3.63) is 139 Å². The Morgan fingerprint density at radius 2 is 1.52 bits per heavy atom. The average molecular weight is 526 g/mol. The number of anilines is 2. The standard InChI is InChI=1S/C35H27NO4/c1-3-32(37)39-22-23-8-14-27(15-9-23)36(28-16-18-29(19-17-28)40-33(38)4-2)31-21-13-26-11-10-24-6-5-7-25-12-20-30(31)35(26)34(24)25/h3-9,11-12,14-21H,1-2,10,13,22H2. The van der Waals surface area contributed by atoms with Gasteiger partial charge in [0.1, 0.15) is 12.4 Å². The van der Waals surface area contributed by atoms with Gasteiger partial charge in [-0.1, -0.05) is 67.8 Å². The molecule has 0 saturated heterocycles. The SMILES string of the molecule is C=CC(=O)OCc1ccc(N(C2=CCC3=CCc4cccc5ccc2c3c45)c2ccc(OC(=O)C=C)cc2)cc1. The molecule has 0 atom stereocenters. The van der Waals surface area contributed by atoms with Crippen molar-refractivity contribution >= 4 is 45.4 Å². The van der Waals surface area contributed by atoms with Gasteiger partial charge in [0.05, 0.1) is 5.70 Å². The van der Waals surface area contributed by atoms with Crippen molar-refractivity contribution in [2.24, 2.45) is 0 Å². The second-order valence-corrected chi connectivity index (χ2v) is 9.66. The van der Waals surface area contributed by atoms with Crippen molar-refractivity contribution in [3.63, 3.8) is 0 Å². The van der Waals surface area contributed by atoms with E-state index in [0.717, 1.165) is 47.6 Å². The molecule has 0 aliphatic heterocycles. The molecule has 2 aliphatic carbocycles. The highest BCUT2D eigenvalue weighted by Crippen LogP contribution is 2.46. The van der Waals surface area contributed by atoms with Crippen LogP contribution < -0.4 is 9.64 Å². The molecule has 0 fully saturated rings. The Hall–Kier alpha value is -5.16. The van der Waals surface area contributed by atoms with Crippen LogP contribution >= 0.6 is 0 Å². The maximum absolute atomic E-state index is 11.7. The lowest BCUT2D eigenvalue weighted by Crippen LogP contribution is -2.19. The monoisotopic (exact) mass is 525 g/mol. The summed E-state index contributed by atoms with van der Waals surface area (Å²) >= 11 is 0. The smallest absolute Gasteiger partial charge is 0.335 e. The van der Waals surface area contributed by atoms with Crippen molar-refractivity contribution < 1.29 is 19.1 Å². The summed E-state index contributed by atoms with van der Waals surface area (Å²) in [6.45, 7) is 7.09. The van der Waals surface area contributed by atoms with Gasteiger partial charge < -0.3 is 14.4 Å². The number of nitrogens with zero attached hydrogens (tertiary/aromatic N) is 1. The van der Waals surface area contributed by atoms with Crippen LogP contribution in [0.2, 0.25) is 0 Å². The molecule has 0 spiro atoms. The molecule has 2 aliphatic rings. The van der Waals surface area contributed by atoms with Gasteiger partial charge in [0.2, 0.25) is 0 Å². The Morgan fingerprint density at radius 1 is 0.800 bits per heavy atom. The maximum Gasteiger partial charge on any atom is 0.335 e. The summed E-state index contributed by atoms with van der Waals surface area (Å²) in [4.78, 5) is 25.5. The first-order chi connectivity index (χ1) is 19.6. The van der Waals surface area contributed by atoms with E-state index in [0.29, 0.717) is 5.75 Å². The van der Waals surface area contributed by atoms with E-state index >= 15 is 0 Å². The first-order valence-corrected chi connectivity index (χ1v) is 13.1. The van der Waals surface area contributed by atoms with Crippen LogP contribution in [0.1, 0.15) is 28.7 Å². The average Bonchev–Trinajstić information content (AvgIpc) is 3.00. The van der Waals surface area contributed by atoms with Gasteiger partial charge in [0.25, 0.3) is 0 Å². The Labute approximate surface area is 233 Å². The molecule has 0 saturated carbocycles. The molecule has 4 aromatic rings. The van der Waals surface area contributed by atoms with Crippen LogP contribution in [-0.2, 0) is 27.4 Å². The van der Waals surface area contributed by atoms with E-state index in [1.165, 1.54) is 33.0 Å². The molecule has 0 aromatic heterocycles. The van der Waals surface area contributed by atoms with Crippen LogP contribution in [0, 0.1) is 0 Å². The summed E-state index contributed by atoms with van der Waals surface area (Å²) < 4.78 is 10.5. The molecule has 0 heterocycles. The van der Waals surface area contributed by atoms with E-state index in [1.54, 1.807) is 12.1 Å². The summed E-state index contributed by atoms with van der Waals surface area (Å²) in [6, 6.07) is 26.3. The number of benzene rings is 4. The molecule has 0 bridgehead atoms. The fraction of sp³-hybridized carbons (Fsp3) is 0.0857. The predicted octanol–water partition coefficient (Wildman–Crippen LogP) is 7.68. The minimum Gasteiger partial charge on any atom is -0.458 e. The second kappa shape index (κ2) is 10.5. The maximum atomic E-state index is 11.7. The van der Waals surface area contributed by atoms with Crippen molar-refractivity contribution in [1.82, 2.24) is 0 Å². The van der Waals surface area contributed by atoms with Crippen LogP contribution in [-0.4, -0.2) is 11.9 Å². The van der Waals surface area contributed by atoms with Crippen molar-refractivity contribution in [2.75, 3.05) is 4.90 Å². The third kappa shape index (κ3) is 4.63. The fourth-order valence-corrected chi connectivity index (χ4v) is 5.42. The lowest BCUT2D eigenvalue weighted by Gasteiger charge is -2.34. The number of esters is 2. The molecule has 196 valence electrons. The van der Waals surface area contributed by atoms with Gasteiger partial charge in [0, 0.05) is 29.1 Å². The third-order valence-corrected chi connectivity index (χ3v) is 7.28. The van der Waals surface area contributed by atoms with E-state index < -0.39 is 11.9 Å². The zero-order valence-electron chi connectivity index (χ0n) is 21.9. The van der Waals surface area contributed by atoms with Crippen molar-refractivity contribution in [3.8, 4) is 5.75 Å². The van der Waals surface area contributed by atoms with Gasteiger partial charge in [0.15, 0.2) is 0 Å². The number of carbonyl (C=O) groups excluding carboxylic acids is 2. The zero-order valence-corrected chi connectivity index (χ0v) is 21.9. The lowest BCUT2D eigenvalue weighted by molar-refractivity contribution is -0.139. The Balaban J connectivity index is 1.44. The number of hydrogen-bond acceptors (Lipinski definition) is 5. The molecular formula is C35H27NO4. The molecule has 0 unspecified atom stereocenters. The molecule has 6 rings (SSSR count). The fourth-order valence-electron chi connectivity index (χ4n) is 5.42. The molecule has 0 N–H and O–H groups in total. The molecular weight excluding hydrogens is 498 g/mol. The van der Waals surface area contributed by atoms with E-state index in [9.17, 15) is 9.59 Å². The Kier molecular flexibility index (Phi) is 6.62. The van der Waals surface area contributed by atoms with Gasteiger partial charge >= 0.3 is 11.9 Å². The summed E-state index contributed by atoms with van der Waals surface area (Å²) in [7, 11) is 0. The number of hydrogen-bond donors (Lipinski definition) is 0. The van der Waals surface area contributed by atoms with Crippen molar-refractivity contribution in [2.45, 2.75) is 19.4 Å². The van der Waals surface area contributed by atoms with Crippen molar-refractivity contribution in [1.29, 1.82) is 0 Å². The van der Waals surface area contributed by atoms with Crippen LogP contribution in [0.25, 0.3) is 22.0 Å². The van der Waals surface area contributed by atoms with Gasteiger partial charge in [-0.15, -0.1) is 0 Å². The first-order valence-electron chi connectivity index (χ1n) is 13.1. The highest BCUT2D eigenvalue weighted by Gasteiger charge is 2.27. The number of ether oxygens (including phenoxy) is 2. The largest absolute Gasteiger partial charge is 0.458 e. The number of allylic oxidation sites excluding steroid dienone is 3. The van der Waals surface area contributed by atoms with Gasteiger partial charge in [-0.2, -0.15) is 0 Å². The summed E-state index contributed by atoms with van der Waals surface area (Å²) in [5.41, 5.74) is 8.98. The summed E-state index contributed by atoms with van der Waals surface area (Å²) in [6.07, 6.45) is 8.70. The number of carbonyl (C=O) groups is 2. The van der Waals surface area contributed by atoms with E-state index in [1.807, 2.05) is 36.4 Å². The van der Waals surface area contributed by atoms with E-state index in [-0.39, 0.29) is 6.61 Å². The second-order valence-electron chi connectivity index (χ2n) is 9.66. The number of rotatable bonds is 8. The van der Waals surface area contributed by atoms with Crippen LogP contribution in [0.5, 0.6) is 5.75 Å². The molecule has 0 radical (unpaired) electrons. The normalized spacial score (nSPS) is 13.1. The first kappa shape index (κ1) is 25.1. The zero-order chi connectivity index (χ0) is 27.6. The predicted molar refractivity (Wildman–Crippen MR) is 159 cm³/mol. The molecule has 4 aromatic carbocycles. The topological polar surface area (TPSA) is 55.8 Å². The third-order valence-electron chi connectivity index (χ3n) is 7.28. The molecule has 5 heteroatoms. The van der Waals surface area contributed by atoms with Gasteiger partial charge in [-0.3, -0.25) is 0 Å². The minimum absolute atomic E-state index is 0.170. The molecule has 0 amide bonds. The van der Waals surface area contributed by atoms with E-state index in [2.05, 4.69) is 60.5 Å². The minimum atomic E-state index is -0.502. The van der Waals surface area contributed by atoms with Gasteiger partial charge in [-0.25, -0.2) is 9.59 Å². The Morgan fingerprint density at radius 3 is 2.25 bits per heavy atom. The van der Waals surface area contributed by atoms with Gasteiger partial charge in [-0.05, 0) is 82.3 Å². The summed E-state index contributed by atoms with van der Waals surface area (Å²) in [5.74, 6) is -0.511. The lowest BCUT2D eigenvalue weighted by atomic mass is 9.80. The highest BCUT2D eigenvalue weighted by atomic mass is 16.5. The van der Waals surface area contributed by atoms with Crippen LogP contribution in [0.3, 0.4) is 0 Å². The molecule has 5 nitrogen and oxygen atoms in total. The molecule has 40 heavy (non-hydrogen) atoms. The quantitative estimate of drug-likeness (QED) is 0.134. The highest BCUT2D eigenvalue weighted by molar-refractivity contribution is 6.06. The van der Waals surface area contributed by atoms with Crippen LogP contribution in [0.15, 0.2) is 116 Å². The Bertz CT molecular complexity index is 1730. The van der Waals surface area contributed by atoms with Crippen LogP contribution in [0.4, 0.5) is 11.4 Å². The summed E-state index contributed by atoms with van der Waals surface area (Å²) in [5, 5.41) is 2.58.